The Kier molecular flexibility index (Phi) is 6.26. The first-order valence-corrected chi connectivity index (χ1v) is 9.20. The number of thiocarbonyl (C=S) groups is 1. The van der Waals surface area contributed by atoms with Crippen LogP contribution < -0.4 is 10.1 Å². The molecule has 0 unspecified atom stereocenters. The predicted octanol–water partition coefficient (Wildman–Crippen LogP) is 5.69. The zero-order valence-electron chi connectivity index (χ0n) is 14.5. The highest BCUT2D eigenvalue weighted by Gasteiger charge is 2.05. The fourth-order valence-electron chi connectivity index (χ4n) is 2.49. The second kappa shape index (κ2) is 8.84. The van der Waals surface area contributed by atoms with E-state index < -0.39 is 0 Å². The van der Waals surface area contributed by atoms with Gasteiger partial charge >= 0.3 is 0 Å². The Balaban J connectivity index is 1.60. The maximum atomic E-state index is 6.17. The molecule has 0 saturated carbocycles. The lowest BCUT2D eigenvalue weighted by atomic mass is 10.1. The van der Waals surface area contributed by atoms with Crippen LogP contribution in [0.4, 0.5) is 0 Å². The number of nitrogens with one attached hydrogen (secondary N) is 1. The van der Waals surface area contributed by atoms with Gasteiger partial charge in [0, 0.05) is 22.7 Å². The molecule has 0 amide bonds. The van der Waals surface area contributed by atoms with Gasteiger partial charge in [0.05, 0.1) is 0 Å². The molecule has 132 valence electrons. The van der Waals surface area contributed by atoms with Crippen molar-refractivity contribution < 1.29 is 4.74 Å². The minimum Gasteiger partial charge on any atom is -0.489 e. The smallest absolute Gasteiger partial charge is 0.120 e. The van der Waals surface area contributed by atoms with Crippen LogP contribution in [0, 0.1) is 6.92 Å². The summed E-state index contributed by atoms with van der Waals surface area (Å²) < 4.78 is 5.87. The van der Waals surface area contributed by atoms with Gasteiger partial charge in [0.1, 0.15) is 17.3 Å². The molecule has 3 aromatic rings. The third kappa shape index (κ3) is 5.07. The van der Waals surface area contributed by atoms with Gasteiger partial charge in [0.15, 0.2) is 0 Å². The van der Waals surface area contributed by atoms with Crippen LogP contribution in [0.5, 0.6) is 5.75 Å². The molecule has 3 rings (SSSR count). The monoisotopic (exact) mass is 381 g/mol. The third-order valence-electron chi connectivity index (χ3n) is 4.02. The van der Waals surface area contributed by atoms with Crippen LogP contribution in [0.15, 0.2) is 72.8 Å². The van der Waals surface area contributed by atoms with Crippen molar-refractivity contribution >= 4 is 28.8 Å². The minimum absolute atomic E-state index is 0.423. The fraction of sp³-hybridized carbons (Fsp3) is 0.136. The molecule has 1 N–H and O–H groups in total. The van der Waals surface area contributed by atoms with Crippen LogP contribution in [0.25, 0.3) is 0 Å². The van der Waals surface area contributed by atoms with E-state index in [0.29, 0.717) is 23.2 Å². The highest BCUT2D eigenvalue weighted by atomic mass is 35.5. The standard InChI is InChI=1S/C22H20ClNOS/c1-16-9-11-17(12-10-16)14-24-22(26)18-6-4-7-20(13-18)25-15-19-5-2-3-8-21(19)23/h2-13H,14-15H2,1H3,(H,24,26). The van der Waals surface area contributed by atoms with Gasteiger partial charge < -0.3 is 10.1 Å². The molecule has 0 heterocycles. The van der Waals surface area contributed by atoms with E-state index in [0.717, 1.165) is 16.9 Å². The predicted molar refractivity (Wildman–Crippen MR) is 112 cm³/mol. The summed E-state index contributed by atoms with van der Waals surface area (Å²) in [4.78, 5) is 0.703. The SMILES string of the molecule is Cc1ccc(CNC(=S)c2cccc(OCc3ccccc3Cl)c2)cc1. The third-order valence-corrected chi connectivity index (χ3v) is 4.77. The molecule has 0 spiro atoms. The van der Waals surface area contributed by atoms with Crippen LogP contribution in [-0.4, -0.2) is 4.99 Å². The number of aryl methyl sites for hydroxylation is 1. The Labute approximate surface area is 164 Å². The lowest BCUT2D eigenvalue weighted by Gasteiger charge is -2.11. The van der Waals surface area contributed by atoms with Gasteiger partial charge in [-0.25, -0.2) is 0 Å². The molecule has 0 aliphatic rings. The van der Waals surface area contributed by atoms with E-state index in [9.17, 15) is 0 Å². The van der Waals surface area contributed by atoms with Crippen LogP contribution >= 0.6 is 23.8 Å². The van der Waals surface area contributed by atoms with E-state index in [1.807, 2.05) is 48.5 Å². The molecule has 4 heteroatoms. The maximum Gasteiger partial charge on any atom is 0.120 e. The molecule has 0 aromatic heterocycles. The van der Waals surface area contributed by atoms with Gasteiger partial charge in [-0.3, -0.25) is 0 Å². The number of halogens is 1. The highest BCUT2D eigenvalue weighted by Crippen LogP contribution is 2.19. The molecule has 0 bridgehead atoms. The summed E-state index contributed by atoms with van der Waals surface area (Å²) in [7, 11) is 0. The van der Waals surface area contributed by atoms with E-state index in [2.05, 4.69) is 36.5 Å². The Hall–Kier alpha value is -2.36. The highest BCUT2D eigenvalue weighted by molar-refractivity contribution is 7.80. The summed E-state index contributed by atoms with van der Waals surface area (Å²) >= 11 is 11.7. The Morgan fingerprint density at radius 2 is 1.77 bits per heavy atom. The van der Waals surface area contributed by atoms with Gasteiger partial charge in [0.2, 0.25) is 0 Å². The first-order chi connectivity index (χ1) is 12.6. The largest absolute Gasteiger partial charge is 0.489 e. The molecule has 3 aromatic carbocycles. The van der Waals surface area contributed by atoms with Crippen molar-refractivity contribution in [1.82, 2.24) is 5.32 Å². The zero-order valence-corrected chi connectivity index (χ0v) is 16.1. The van der Waals surface area contributed by atoms with E-state index in [4.69, 9.17) is 28.6 Å². The minimum atomic E-state index is 0.423. The van der Waals surface area contributed by atoms with E-state index in [1.165, 1.54) is 11.1 Å². The fourth-order valence-corrected chi connectivity index (χ4v) is 2.88. The van der Waals surface area contributed by atoms with Gasteiger partial charge in [0.25, 0.3) is 0 Å². The van der Waals surface area contributed by atoms with E-state index in [1.54, 1.807) is 0 Å². The first-order valence-electron chi connectivity index (χ1n) is 8.42. The molecule has 26 heavy (non-hydrogen) atoms. The van der Waals surface area contributed by atoms with Crippen molar-refractivity contribution in [2.75, 3.05) is 0 Å². The van der Waals surface area contributed by atoms with Crippen molar-refractivity contribution in [2.45, 2.75) is 20.1 Å². The van der Waals surface area contributed by atoms with Gasteiger partial charge in [-0.15, -0.1) is 0 Å². The van der Waals surface area contributed by atoms with Gasteiger partial charge in [-0.2, -0.15) is 0 Å². The van der Waals surface area contributed by atoms with Crippen molar-refractivity contribution in [3.8, 4) is 5.75 Å². The summed E-state index contributed by atoms with van der Waals surface area (Å²) in [6.07, 6.45) is 0. The molecule has 0 saturated heterocycles. The summed E-state index contributed by atoms with van der Waals surface area (Å²) in [6.45, 7) is 3.20. The number of hydrogen-bond donors (Lipinski definition) is 1. The molecular weight excluding hydrogens is 362 g/mol. The Bertz CT molecular complexity index is 893. The van der Waals surface area contributed by atoms with Crippen LogP contribution in [0.1, 0.15) is 22.3 Å². The van der Waals surface area contributed by atoms with Crippen molar-refractivity contribution in [3.63, 3.8) is 0 Å². The molecule has 0 aliphatic heterocycles. The van der Waals surface area contributed by atoms with Crippen LogP contribution in [0.2, 0.25) is 5.02 Å². The molecule has 0 radical (unpaired) electrons. The molecule has 2 nitrogen and oxygen atoms in total. The lowest BCUT2D eigenvalue weighted by molar-refractivity contribution is 0.306. The van der Waals surface area contributed by atoms with Crippen molar-refractivity contribution in [2.24, 2.45) is 0 Å². The number of benzene rings is 3. The summed E-state index contributed by atoms with van der Waals surface area (Å²) in [6, 6.07) is 23.9. The average Bonchev–Trinajstić information content (AvgIpc) is 2.67. The van der Waals surface area contributed by atoms with Crippen molar-refractivity contribution in [1.29, 1.82) is 0 Å². The number of rotatable bonds is 6. The van der Waals surface area contributed by atoms with E-state index >= 15 is 0 Å². The quantitative estimate of drug-likeness (QED) is 0.554. The lowest BCUT2D eigenvalue weighted by Crippen LogP contribution is -2.21. The average molecular weight is 382 g/mol. The second-order valence-electron chi connectivity index (χ2n) is 6.08. The normalized spacial score (nSPS) is 10.4. The molecule has 0 atom stereocenters. The molecule has 0 fully saturated rings. The zero-order chi connectivity index (χ0) is 18.4. The second-order valence-corrected chi connectivity index (χ2v) is 6.89. The van der Waals surface area contributed by atoms with Crippen LogP contribution in [0.3, 0.4) is 0 Å². The Morgan fingerprint density at radius 1 is 1.00 bits per heavy atom. The number of ether oxygens (including phenoxy) is 1. The Morgan fingerprint density at radius 3 is 2.54 bits per heavy atom. The first kappa shape index (κ1) is 18.4. The van der Waals surface area contributed by atoms with Gasteiger partial charge in [-0.05, 0) is 30.7 Å². The van der Waals surface area contributed by atoms with Gasteiger partial charge in [-0.1, -0.05) is 84.0 Å². The van der Waals surface area contributed by atoms with E-state index in [-0.39, 0.29) is 0 Å². The maximum absolute atomic E-state index is 6.17. The molecule has 0 aliphatic carbocycles. The summed E-state index contributed by atoms with van der Waals surface area (Å²) in [5.74, 6) is 0.766. The van der Waals surface area contributed by atoms with Crippen LogP contribution in [-0.2, 0) is 13.2 Å². The van der Waals surface area contributed by atoms with Crippen molar-refractivity contribution in [3.05, 3.63) is 100 Å². The molecular formula is C22H20ClNOS. The summed E-state index contributed by atoms with van der Waals surface area (Å²) in [5, 5.41) is 4.01. The topological polar surface area (TPSA) is 21.3 Å². The summed E-state index contributed by atoms with van der Waals surface area (Å²) in [5.41, 5.74) is 4.34. The number of hydrogen-bond acceptors (Lipinski definition) is 2.